The first-order chi connectivity index (χ1) is 14.3. The number of likely N-dealkylation sites (tertiary alicyclic amines) is 1. The van der Waals surface area contributed by atoms with Gasteiger partial charge in [0.25, 0.3) is 11.5 Å². The number of piperidine rings is 1. The number of amides is 1. The van der Waals surface area contributed by atoms with Crippen LogP contribution >= 0.6 is 0 Å². The molecule has 1 fully saturated rings. The van der Waals surface area contributed by atoms with Crippen molar-refractivity contribution in [2.24, 2.45) is 0 Å². The summed E-state index contributed by atoms with van der Waals surface area (Å²) in [5, 5.41) is 0.431. The third-order valence-electron chi connectivity index (χ3n) is 5.02. The van der Waals surface area contributed by atoms with Gasteiger partial charge in [-0.3, -0.25) is 14.2 Å². The Morgan fingerprint density at radius 2 is 1.87 bits per heavy atom. The lowest BCUT2D eigenvalue weighted by atomic mass is 10.0. The molecule has 1 aromatic carbocycles. The van der Waals surface area contributed by atoms with Gasteiger partial charge in [-0.1, -0.05) is 6.07 Å². The lowest BCUT2D eigenvalue weighted by Crippen LogP contribution is -2.41. The van der Waals surface area contributed by atoms with Crippen molar-refractivity contribution < 1.29 is 22.7 Å². The third-order valence-corrected chi connectivity index (χ3v) is 5.02. The number of hydrogen-bond donors (Lipinski definition) is 0. The van der Waals surface area contributed by atoms with Crippen LogP contribution in [0.1, 0.15) is 29.2 Å². The Hall–Kier alpha value is -3.43. The van der Waals surface area contributed by atoms with Crippen LogP contribution in [0.5, 0.6) is 5.75 Å². The van der Waals surface area contributed by atoms with E-state index in [-0.39, 0.29) is 23.1 Å². The SMILES string of the molecule is O=C(c1cccc(OC(F)(F)F)c1)N1CCC(n2cnc3ncccc3c2=O)CC1. The molecule has 30 heavy (non-hydrogen) atoms. The van der Waals surface area contributed by atoms with Crippen LogP contribution in [-0.4, -0.2) is 44.8 Å². The van der Waals surface area contributed by atoms with Gasteiger partial charge in [0, 0.05) is 30.9 Å². The first-order valence-corrected chi connectivity index (χ1v) is 9.29. The summed E-state index contributed by atoms with van der Waals surface area (Å²) in [5.74, 6) is -0.820. The molecule has 7 nitrogen and oxygen atoms in total. The molecule has 0 N–H and O–H groups in total. The molecule has 156 valence electrons. The molecule has 10 heteroatoms. The summed E-state index contributed by atoms with van der Waals surface area (Å²) in [6.45, 7) is 0.733. The molecule has 3 aromatic rings. The topological polar surface area (TPSA) is 77.3 Å². The molecule has 2 aromatic heterocycles. The molecule has 1 saturated heterocycles. The van der Waals surface area contributed by atoms with Gasteiger partial charge in [0.1, 0.15) is 12.1 Å². The maximum absolute atomic E-state index is 12.7. The van der Waals surface area contributed by atoms with Gasteiger partial charge in [0.05, 0.1) is 5.39 Å². The highest BCUT2D eigenvalue weighted by atomic mass is 19.4. The van der Waals surface area contributed by atoms with Gasteiger partial charge in [0.15, 0.2) is 5.65 Å². The summed E-state index contributed by atoms with van der Waals surface area (Å²) in [6.07, 6.45) is -0.734. The number of halogens is 3. The molecule has 0 saturated carbocycles. The standard InChI is InChI=1S/C20H17F3N4O3/c21-20(22,23)30-15-4-1-3-13(11-15)18(28)26-9-6-14(7-10-26)27-12-25-17-16(19(27)29)5-2-8-24-17/h1-5,8,11-12,14H,6-7,9-10H2. The smallest absolute Gasteiger partial charge is 0.406 e. The van der Waals surface area contributed by atoms with E-state index in [0.717, 1.165) is 12.1 Å². The van der Waals surface area contributed by atoms with Crippen LogP contribution in [-0.2, 0) is 0 Å². The van der Waals surface area contributed by atoms with E-state index in [1.165, 1.54) is 18.5 Å². The molecule has 1 aliphatic heterocycles. The van der Waals surface area contributed by atoms with Gasteiger partial charge < -0.3 is 9.64 Å². The number of hydrogen-bond acceptors (Lipinski definition) is 5. The predicted octanol–water partition coefficient (Wildman–Crippen LogP) is 3.17. The van der Waals surface area contributed by atoms with Crippen molar-refractivity contribution in [2.75, 3.05) is 13.1 Å². The van der Waals surface area contributed by atoms with Gasteiger partial charge in [-0.25, -0.2) is 9.97 Å². The molecule has 4 rings (SSSR count). The van der Waals surface area contributed by atoms with Crippen molar-refractivity contribution in [3.05, 3.63) is 64.8 Å². The second-order valence-electron chi connectivity index (χ2n) is 6.93. The average molecular weight is 418 g/mol. The van der Waals surface area contributed by atoms with Crippen molar-refractivity contribution in [1.29, 1.82) is 0 Å². The van der Waals surface area contributed by atoms with E-state index >= 15 is 0 Å². The molecule has 0 bridgehead atoms. The molecular weight excluding hydrogens is 401 g/mol. The maximum atomic E-state index is 12.7. The highest BCUT2D eigenvalue weighted by Gasteiger charge is 2.32. The van der Waals surface area contributed by atoms with Crippen LogP contribution in [0.25, 0.3) is 11.0 Å². The lowest BCUT2D eigenvalue weighted by Gasteiger charge is -2.32. The van der Waals surface area contributed by atoms with E-state index in [9.17, 15) is 22.8 Å². The molecule has 0 radical (unpaired) electrons. The Balaban J connectivity index is 1.46. The molecule has 0 atom stereocenters. The van der Waals surface area contributed by atoms with Crippen LogP contribution in [0.4, 0.5) is 13.2 Å². The number of benzene rings is 1. The summed E-state index contributed by atoms with van der Waals surface area (Å²) < 4.78 is 42.7. The van der Waals surface area contributed by atoms with E-state index in [1.807, 2.05) is 0 Å². The number of alkyl halides is 3. The van der Waals surface area contributed by atoms with Crippen LogP contribution < -0.4 is 10.3 Å². The van der Waals surface area contributed by atoms with Crippen molar-refractivity contribution in [3.63, 3.8) is 0 Å². The van der Waals surface area contributed by atoms with E-state index < -0.39 is 12.1 Å². The van der Waals surface area contributed by atoms with Crippen LogP contribution in [0, 0.1) is 0 Å². The number of nitrogens with zero attached hydrogens (tertiary/aromatic N) is 4. The minimum atomic E-state index is -4.82. The average Bonchev–Trinajstić information content (AvgIpc) is 2.73. The number of carbonyl (C=O) groups excluding carboxylic acids is 1. The zero-order valence-corrected chi connectivity index (χ0v) is 15.7. The summed E-state index contributed by atoms with van der Waals surface area (Å²) in [5.41, 5.74) is 0.313. The highest BCUT2D eigenvalue weighted by molar-refractivity contribution is 5.94. The molecule has 1 aliphatic rings. The Labute approximate surface area is 168 Å². The fourth-order valence-electron chi connectivity index (χ4n) is 3.59. The van der Waals surface area contributed by atoms with E-state index in [2.05, 4.69) is 14.7 Å². The Bertz CT molecular complexity index is 1140. The Kier molecular flexibility index (Phi) is 5.15. The second kappa shape index (κ2) is 7.77. The van der Waals surface area contributed by atoms with Gasteiger partial charge in [-0.2, -0.15) is 0 Å². The highest BCUT2D eigenvalue weighted by Crippen LogP contribution is 2.26. The zero-order chi connectivity index (χ0) is 21.3. The van der Waals surface area contributed by atoms with Gasteiger partial charge in [-0.15, -0.1) is 13.2 Å². The maximum Gasteiger partial charge on any atom is 0.573 e. The third kappa shape index (κ3) is 4.12. The largest absolute Gasteiger partial charge is 0.573 e. The molecule has 0 unspecified atom stereocenters. The Morgan fingerprint density at radius 1 is 1.10 bits per heavy atom. The number of aromatic nitrogens is 3. The van der Waals surface area contributed by atoms with E-state index in [4.69, 9.17) is 0 Å². The minimum Gasteiger partial charge on any atom is -0.406 e. The van der Waals surface area contributed by atoms with Gasteiger partial charge >= 0.3 is 6.36 Å². The first-order valence-electron chi connectivity index (χ1n) is 9.29. The number of ether oxygens (including phenoxy) is 1. The van der Waals surface area contributed by atoms with E-state index in [0.29, 0.717) is 37.0 Å². The molecular formula is C20H17F3N4O3. The minimum absolute atomic E-state index is 0.116. The van der Waals surface area contributed by atoms with Crippen molar-refractivity contribution in [1.82, 2.24) is 19.4 Å². The van der Waals surface area contributed by atoms with Crippen molar-refractivity contribution >= 4 is 16.9 Å². The molecule has 1 amide bonds. The first kappa shape index (κ1) is 19.9. The molecule has 3 heterocycles. The number of rotatable bonds is 3. The molecule has 0 spiro atoms. The normalized spacial score (nSPS) is 15.4. The van der Waals surface area contributed by atoms with Crippen molar-refractivity contribution in [2.45, 2.75) is 25.2 Å². The number of fused-ring (bicyclic) bond motifs is 1. The van der Waals surface area contributed by atoms with Gasteiger partial charge in [0.2, 0.25) is 0 Å². The van der Waals surface area contributed by atoms with Crippen LogP contribution in [0.15, 0.2) is 53.7 Å². The zero-order valence-electron chi connectivity index (χ0n) is 15.7. The fraction of sp³-hybridized carbons (Fsp3) is 0.300. The van der Waals surface area contributed by atoms with Crippen LogP contribution in [0.3, 0.4) is 0 Å². The monoisotopic (exact) mass is 418 g/mol. The summed E-state index contributed by atoms with van der Waals surface area (Å²) in [6, 6.07) is 8.23. The quantitative estimate of drug-likeness (QED) is 0.653. The summed E-state index contributed by atoms with van der Waals surface area (Å²) in [4.78, 5) is 35.3. The Morgan fingerprint density at radius 3 is 2.60 bits per heavy atom. The number of pyridine rings is 1. The van der Waals surface area contributed by atoms with E-state index in [1.54, 1.807) is 27.8 Å². The number of carbonyl (C=O) groups is 1. The lowest BCUT2D eigenvalue weighted by molar-refractivity contribution is -0.274. The van der Waals surface area contributed by atoms with Gasteiger partial charge in [-0.05, 0) is 43.2 Å². The molecule has 0 aliphatic carbocycles. The summed E-state index contributed by atoms with van der Waals surface area (Å²) in [7, 11) is 0. The van der Waals surface area contributed by atoms with Crippen molar-refractivity contribution in [3.8, 4) is 5.75 Å². The van der Waals surface area contributed by atoms with Crippen LogP contribution in [0.2, 0.25) is 0 Å². The fourth-order valence-corrected chi connectivity index (χ4v) is 3.59. The second-order valence-corrected chi connectivity index (χ2v) is 6.93. The summed E-state index contributed by atoms with van der Waals surface area (Å²) >= 11 is 0. The predicted molar refractivity (Wildman–Crippen MR) is 101 cm³/mol.